The summed E-state index contributed by atoms with van der Waals surface area (Å²) in [4.78, 5) is 12.4. The number of benzene rings is 2. The number of halogens is 1. The standard InChI is InChI=1S/C25H32FNO2/c1-5-15-25(18-24(28)29-6-2,22-11-13-23(26)14-12-22)16-17-27-20(4)21-9-7-19(3)8-10-21/h5,7-14,20,27H,1,6,15-18H2,2-4H3. The Hall–Kier alpha value is -2.46. The summed E-state index contributed by atoms with van der Waals surface area (Å²) in [7, 11) is 0. The maximum Gasteiger partial charge on any atom is 0.306 e. The second kappa shape index (κ2) is 10.9. The number of carbonyl (C=O) groups is 1. The van der Waals surface area contributed by atoms with Gasteiger partial charge < -0.3 is 10.1 Å². The van der Waals surface area contributed by atoms with Gasteiger partial charge in [-0.25, -0.2) is 4.39 Å². The Bertz CT molecular complexity index is 785. The molecule has 0 aliphatic rings. The van der Waals surface area contributed by atoms with Crippen LogP contribution in [-0.4, -0.2) is 19.1 Å². The lowest BCUT2D eigenvalue weighted by Gasteiger charge is -2.33. The summed E-state index contributed by atoms with van der Waals surface area (Å²) in [5.41, 5.74) is 2.90. The molecule has 4 heteroatoms. The molecule has 0 saturated heterocycles. The van der Waals surface area contributed by atoms with Crippen LogP contribution in [0, 0.1) is 12.7 Å². The van der Waals surface area contributed by atoms with E-state index in [4.69, 9.17) is 4.74 Å². The summed E-state index contributed by atoms with van der Waals surface area (Å²) in [5.74, 6) is -0.534. The molecule has 0 aliphatic carbocycles. The molecule has 0 spiro atoms. The van der Waals surface area contributed by atoms with E-state index >= 15 is 0 Å². The Kier molecular flexibility index (Phi) is 8.59. The van der Waals surface area contributed by atoms with Gasteiger partial charge in [0.05, 0.1) is 13.0 Å². The van der Waals surface area contributed by atoms with Crippen molar-refractivity contribution in [3.8, 4) is 0 Å². The number of aryl methyl sites for hydroxylation is 1. The van der Waals surface area contributed by atoms with Gasteiger partial charge in [0.1, 0.15) is 5.82 Å². The normalized spacial score (nSPS) is 14.1. The van der Waals surface area contributed by atoms with E-state index < -0.39 is 5.41 Å². The first-order valence-electron chi connectivity index (χ1n) is 10.2. The molecule has 0 aliphatic heterocycles. The summed E-state index contributed by atoms with van der Waals surface area (Å²) in [6.45, 7) is 10.9. The third-order valence-electron chi connectivity index (χ3n) is 5.41. The molecule has 156 valence electrons. The Morgan fingerprint density at radius 2 is 1.86 bits per heavy atom. The van der Waals surface area contributed by atoms with Crippen molar-refractivity contribution in [1.29, 1.82) is 0 Å². The fraction of sp³-hybridized carbons (Fsp3) is 0.400. The van der Waals surface area contributed by atoms with Crippen LogP contribution in [-0.2, 0) is 14.9 Å². The number of hydrogen-bond acceptors (Lipinski definition) is 3. The van der Waals surface area contributed by atoms with Gasteiger partial charge in [-0.2, -0.15) is 0 Å². The zero-order valence-electron chi connectivity index (χ0n) is 17.7. The molecule has 0 heterocycles. The summed E-state index contributed by atoms with van der Waals surface area (Å²) >= 11 is 0. The number of nitrogens with one attached hydrogen (secondary N) is 1. The van der Waals surface area contributed by atoms with Gasteiger partial charge in [-0.1, -0.05) is 48.0 Å². The molecule has 2 aromatic rings. The van der Waals surface area contributed by atoms with Crippen molar-refractivity contribution in [2.24, 2.45) is 0 Å². The molecule has 2 aromatic carbocycles. The molecule has 2 atom stereocenters. The summed E-state index contributed by atoms with van der Waals surface area (Å²) < 4.78 is 18.7. The zero-order chi connectivity index (χ0) is 21.3. The van der Waals surface area contributed by atoms with Crippen molar-refractivity contribution in [2.75, 3.05) is 13.2 Å². The van der Waals surface area contributed by atoms with Crippen LogP contribution >= 0.6 is 0 Å². The molecule has 0 saturated carbocycles. The van der Waals surface area contributed by atoms with Crippen LogP contribution in [0.4, 0.5) is 4.39 Å². The second-order valence-electron chi connectivity index (χ2n) is 7.60. The van der Waals surface area contributed by atoms with Gasteiger partial charge in [0.25, 0.3) is 0 Å². The van der Waals surface area contributed by atoms with Crippen LogP contribution in [0.3, 0.4) is 0 Å². The molecule has 3 nitrogen and oxygen atoms in total. The van der Waals surface area contributed by atoms with Crippen LogP contribution in [0.2, 0.25) is 0 Å². The first-order valence-corrected chi connectivity index (χ1v) is 10.2. The zero-order valence-corrected chi connectivity index (χ0v) is 17.7. The Balaban J connectivity index is 2.18. The van der Waals surface area contributed by atoms with E-state index in [1.165, 1.54) is 23.3 Å². The predicted octanol–water partition coefficient (Wildman–Crippen LogP) is 5.64. The second-order valence-corrected chi connectivity index (χ2v) is 7.60. The summed E-state index contributed by atoms with van der Waals surface area (Å²) in [5, 5.41) is 3.56. The molecule has 2 unspecified atom stereocenters. The summed E-state index contributed by atoms with van der Waals surface area (Å²) in [6, 6.07) is 15.1. The molecule has 1 N–H and O–H groups in total. The van der Waals surface area contributed by atoms with E-state index in [1.54, 1.807) is 19.1 Å². The highest BCUT2D eigenvalue weighted by Gasteiger charge is 2.34. The van der Waals surface area contributed by atoms with Gasteiger partial charge in [-0.05, 0) is 63.4 Å². The van der Waals surface area contributed by atoms with Gasteiger partial charge >= 0.3 is 5.97 Å². The predicted molar refractivity (Wildman–Crippen MR) is 116 cm³/mol. The Morgan fingerprint density at radius 3 is 2.45 bits per heavy atom. The number of rotatable bonds is 11. The van der Waals surface area contributed by atoms with Crippen LogP contribution in [0.5, 0.6) is 0 Å². The van der Waals surface area contributed by atoms with Gasteiger partial charge in [-0.15, -0.1) is 6.58 Å². The molecular weight excluding hydrogens is 365 g/mol. The minimum Gasteiger partial charge on any atom is -0.466 e. The highest BCUT2D eigenvalue weighted by Crippen LogP contribution is 2.36. The van der Waals surface area contributed by atoms with Crippen molar-refractivity contribution in [3.63, 3.8) is 0 Å². The van der Waals surface area contributed by atoms with E-state index in [0.29, 0.717) is 26.0 Å². The smallest absolute Gasteiger partial charge is 0.306 e. The highest BCUT2D eigenvalue weighted by atomic mass is 19.1. The third kappa shape index (κ3) is 6.53. The minimum absolute atomic E-state index is 0.188. The van der Waals surface area contributed by atoms with Crippen molar-refractivity contribution < 1.29 is 13.9 Å². The molecule has 0 fully saturated rings. The first kappa shape index (κ1) is 22.8. The Morgan fingerprint density at radius 1 is 1.21 bits per heavy atom. The first-order chi connectivity index (χ1) is 13.9. The molecule has 0 radical (unpaired) electrons. The van der Waals surface area contributed by atoms with Crippen molar-refractivity contribution in [2.45, 2.75) is 51.5 Å². The number of carbonyl (C=O) groups excluding carboxylic acids is 1. The maximum atomic E-state index is 13.5. The van der Waals surface area contributed by atoms with Gasteiger partial charge in [0.15, 0.2) is 0 Å². The quantitative estimate of drug-likeness (QED) is 0.394. The van der Waals surface area contributed by atoms with Crippen molar-refractivity contribution >= 4 is 5.97 Å². The van der Waals surface area contributed by atoms with E-state index in [9.17, 15) is 9.18 Å². The average Bonchev–Trinajstić information content (AvgIpc) is 2.69. The number of hydrogen-bond donors (Lipinski definition) is 1. The largest absolute Gasteiger partial charge is 0.466 e. The lowest BCUT2D eigenvalue weighted by atomic mass is 9.72. The molecule has 0 aromatic heterocycles. The number of esters is 1. The maximum absolute atomic E-state index is 13.5. The molecule has 0 amide bonds. The lowest BCUT2D eigenvalue weighted by Crippen LogP contribution is -2.34. The van der Waals surface area contributed by atoms with Crippen LogP contribution in [0.25, 0.3) is 0 Å². The van der Waals surface area contributed by atoms with Gasteiger partial charge in [0, 0.05) is 11.5 Å². The van der Waals surface area contributed by atoms with E-state index in [0.717, 1.165) is 5.56 Å². The average molecular weight is 398 g/mol. The van der Waals surface area contributed by atoms with Crippen LogP contribution in [0.15, 0.2) is 61.2 Å². The van der Waals surface area contributed by atoms with E-state index in [-0.39, 0.29) is 24.2 Å². The molecule has 2 rings (SSSR count). The third-order valence-corrected chi connectivity index (χ3v) is 5.41. The van der Waals surface area contributed by atoms with Crippen molar-refractivity contribution in [1.82, 2.24) is 5.32 Å². The monoisotopic (exact) mass is 397 g/mol. The fourth-order valence-electron chi connectivity index (χ4n) is 3.70. The lowest BCUT2D eigenvalue weighted by molar-refractivity contribution is -0.144. The number of ether oxygens (including phenoxy) is 1. The van der Waals surface area contributed by atoms with Gasteiger partial charge in [-0.3, -0.25) is 4.79 Å². The number of allylic oxidation sites excluding steroid dienone is 1. The SMILES string of the molecule is C=CCC(CCNC(C)c1ccc(C)cc1)(CC(=O)OCC)c1ccc(F)cc1. The fourth-order valence-corrected chi connectivity index (χ4v) is 3.70. The van der Waals surface area contributed by atoms with E-state index in [2.05, 4.69) is 50.0 Å². The highest BCUT2D eigenvalue weighted by molar-refractivity contribution is 5.71. The molecule has 0 bridgehead atoms. The molecule has 29 heavy (non-hydrogen) atoms. The van der Waals surface area contributed by atoms with Crippen LogP contribution < -0.4 is 5.32 Å². The molecular formula is C25H32FNO2. The van der Waals surface area contributed by atoms with E-state index in [1.807, 2.05) is 6.08 Å². The van der Waals surface area contributed by atoms with Crippen molar-refractivity contribution in [3.05, 3.63) is 83.7 Å². The topological polar surface area (TPSA) is 38.3 Å². The Labute approximate surface area is 174 Å². The van der Waals surface area contributed by atoms with Gasteiger partial charge in [0.2, 0.25) is 0 Å². The minimum atomic E-state index is -0.484. The van der Waals surface area contributed by atoms with Crippen LogP contribution in [0.1, 0.15) is 55.8 Å². The summed E-state index contributed by atoms with van der Waals surface area (Å²) in [6.07, 6.45) is 3.38.